The van der Waals surface area contributed by atoms with E-state index in [2.05, 4.69) is 11.9 Å². The van der Waals surface area contributed by atoms with Gasteiger partial charge in [-0.05, 0) is 25.7 Å². The molecule has 20 heavy (non-hydrogen) atoms. The molecule has 116 valence electrons. The molecule has 1 heterocycles. The van der Waals surface area contributed by atoms with E-state index in [1.165, 1.54) is 17.1 Å². The minimum atomic E-state index is -3.36. The van der Waals surface area contributed by atoms with E-state index in [1.54, 1.807) is 10.4 Å². The molecule has 2 rings (SSSR count). The SMILES string of the molecule is C=CCN(CC)S(=O)(=O)N1CCCCC1CNC1CC1. The monoisotopic (exact) mass is 301 g/mol. The number of rotatable bonds is 8. The van der Waals surface area contributed by atoms with Crippen molar-refractivity contribution in [2.75, 3.05) is 26.2 Å². The maximum Gasteiger partial charge on any atom is 0.282 e. The maximum atomic E-state index is 12.8. The quantitative estimate of drug-likeness (QED) is 0.689. The van der Waals surface area contributed by atoms with Crippen LogP contribution in [-0.4, -0.2) is 55.3 Å². The van der Waals surface area contributed by atoms with Crippen LogP contribution in [-0.2, 0) is 10.2 Å². The fourth-order valence-corrected chi connectivity index (χ4v) is 4.58. The zero-order valence-corrected chi connectivity index (χ0v) is 13.2. The molecule has 5 nitrogen and oxygen atoms in total. The lowest BCUT2D eigenvalue weighted by Crippen LogP contribution is -2.53. The Morgan fingerprint density at radius 1 is 1.35 bits per heavy atom. The summed E-state index contributed by atoms with van der Waals surface area (Å²) in [5, 5.41) is 3.47. The first-order chi connectivity index (χ1) is 9.59. The van der Waals surface area contributed by atoms with Crippen LogP contribution >= 0.6 is 0 Å². The van der Waals surface area contributed by atoms with Gasteiger partial charge in [-0.3, -0.25) is 0 Å². The number of nitrogens with one attached hydrogen (secondary N) is 1. The highest BCUT2D eigenvalue weighted by Gasteiger charge is 2.36. The lowest BCUT2D eigenvalue weighted by atomic mass is 10.1. The number of nitrogens with zero attached hydrogens (tertiary/aromatic N) is 2. The molecular formula is C14H27N3O2S. The second-order valence-electron chi connectivity index (χ2n) is 5.69. The zero-order valence-electron chi connectivity index (χ0n) is 12.4. The molecule has 1 unspecified atom stereocenters. The van der Waals surface area contributed by atoms with Gasteiger partial charge in [-0.15, -0.1) is 6.58 Å². The van der Waals surface area contributed by atoms with Gasteiger partial charge in [0.15, 0.2) is 0 Å². The predicted octanol–water partition coefficient (Wildman–Crippen LogP) is 1.35. The standard InChI is InChI=1S/C14H27N3O2S/c1-3-10-16(4-2)20(18,19)17-11-6-5-7-14(17)12-15-13-8-9-13/h3,13-15H,1,4-12H2,2H3. The van der Waals surface area contributed by atoms with Crippen molar-refractivity contribution in [3.63, 3.8) is 0 Å². The summed E-state index contributed by atoms with van der Waals surface area (Å²) in [7, 11) is -3.36. The van der Waals surface area contributed by atoms with Gasteiger partial charge in [-0.1, -0.05) is 19.4 Å². The Bertz CT molecular complexity index is 420. The van der Waals surface area contributed by atoms with Gasteiger partial charge in [-0.25, -0.2) is 0 Å². The van der Waals surface area contributed by atoms with Crippen LogP contribution in [0.2, 0.25) is 0 Å². The third-order valence-electron chi connectivity index (χ3n) is 4.10. The molecule has 1 aliphatic carbocycles. The summed E-state index contributed by atoms with van der Waals surface area (Å²) >= 11 is 0. The third-order valence-corrected chi connectivity index (χ3v) is 6.23. The number of piperidine rings is 1. The molecule has 1 atom stereocenters. The minimum Gasteiger partial charge on any atom is -0.312 e. The average Bonchev–Trinajstić information content (AvgIpc) is 3.26. The molecule has 2 fully saturated rings. The van der Waals surface area contributed by atoms with E-state index < -0.39 is 10.2 Å². The van der Waals surface area contributed by atoms with Crippen molar-refractivity contribution in [1.29, 1.82) is 0 Å². The lowest BCUT2D eigenvalue weighted by molar-refractivity contribution is 0.229. The zero-order chi connectivity index (χ0) is 14.6. The van der Waals surface area contributed by atoms with Crippen LogP contribution in [0.4, 0.5) is 0 Å². The fourth-order valence-electron chi connectivity index (χ4n) is 2.75. The predicted molar refractivity (Wildman–Crippen MR) is 81.7 cm³/mol. The lowest BCUT2D eigenvalue weighted by Gasteiger charge is -2.37. The summed E-state index contributed by atoms with van der Waals surface area (Å²) in [4.78, 5) is 0. The number of likely N-dealkylation sites (N-methyl/N-ethyl adjacent to an activating group) is 1. The first kappa shape index (κ1) is 15.9. The van der Waals surface area contributed by atoms with Gasteiger partial charge >= 0.3 is 0 Å². The molecule has 1 aliphatic heterocycles. The fraction of sp³-hybridized carbons (Fsp3) is 0.857. The van der Waals surface area contributed by atoms with Gasteiger partial charge in [0.05, 0.1) is 0 Å². The largest absolute Gasteiger partial charge is 0.312 e. The van der Waals surface area contributed by atoms with Crippen molar-refractivity contribution in [2.45, 2.75) is 51.1 Å². The molecular weight excluding hydrogens is 274 g/mol. The second-order valence-corrected chi connectivity index (χ2v) is 7.57. The Balaban J connectivity index is 2.05. The van der Waals surface area contributed by atoms with Crippen LogP contribution in [0.1, 0.15) is 39.0 Å². The van der Waals surface area contributed by atoms with Crippen molar-refractivity contribution in [3.8, 4) is 0 Å². The van der Waals surface area contributed by atoms with Crippen LogP contribution < -0.4 is 5.32 Å². The Morgan fingerprint density at radius 3 is 2.70 bits per heavy atom. The van der Waals surface area contributed by atoms with Crippen molar-refractivity contribution in [3.05, 3.63) is 12.7 Å². The molecule has 0 aromatic rings. The van der Waals surface area contributed by atoms with E-state index >= 15 is 0 Å². The summed E-state index contributed by atoms with van der Waals surface area (Å²) < 4.78 is 28.7. The Kier molecular flexibility index (Phi) is 5.60. The molecule has 0 amide bonds. The van der Waals surface area contributed by atoms with E-state index in [4.69, 9.17) is 0 Å². The average molecular weight is 301 g/mol. The first-order valence-electron chi connectivity index (χ1n) is 7.70. The van der Waals surface area contributed by atoms with Gasteiger partial charge in [0.2, 0.25) is 0 Å². The molecule has 0 radical (unpaired) electrons. The van der Waals surface area contributed by atoms with Gasteiger partial charge < -0.3 is 5.32 Å². The molecule has 1 N–H and O–H groups in total. The minimum absolute atomic E-state index is 0.105. The van der Waals surface area contributed by atoms with E-state index in [1.807, 2.05) is 6.92 Å². The van der Waals surface area contributed by atoms with Crippen molar-refractivity contribution in [2.24, 2.45) is 0 Å². The second kappa shape index (κ2) is 7.02. The summed E-state index contributed by atoms with van der Waals surface area (Å²) in [6.45, 7) is 7.85. The van der Waals surface area contributed by atoms with Gasteiger partial charge in [0.1, 0.15) is 0 Å². The Labute approximate surface area is 123 Å². The smallest absolute Gasteiger partial charge is 0.282 e. The van der Waals surface area contributed by atoms with E-state index in [-0.39, 0.29) is 6.04 Å². The Hall–Kier alpha value is -0.430. The Morgan fingerprint density at radius 2 is 2.10 bits per heavy atom. The van der Waals surface area contributed by atoms with Crippen molar-refractivity contribution < 1.29 is 8.42 Å². The van der Waals surface area contributed by atoms with Crippen LogP contribution in [0.3, 0.4) is 0 Å². The normalized spacial score (nSPS) is 25.0. The number of hydrogen-bond donors (Lipinski definition) is 1. The summed E-state index contributed by atoms with van der Waals surface area (Å²) in [6, 6.07) is 0.727. The highest BCUT2D eigenvalue weighted by Crippen LogP contribution is 2.24. The van der Waals surface area contributed by atoms with Crippen LogP contribution in [0.25, 0.3) is 0 Å². The summed E-state index contributed by atoms with van der Waals surface area (Å²) in [5.41, 5.74) is 0. The van der Waals surface area contributed by atoms with Gasteiger partial charge in [0, 0.05) is 38.3 Å². The highest BCUT2D eigenvalue weighted by molar-refractivity contribution is 7.86. The topological polar surface area (TPSA) is 52.7 Å². The molecule has 0 spiro atoms. The van der Waals surface area contributed by atoms with E-state index in [0.29, 0.717) is 25.7 Å². The molecule has 1 saturated heterocycles. The first-order valence-corrected chi connectivity index (χ1v) is 9.10. The molecule has 2 aliphatic rings. The van der Waals surface area contributed by atoms with Gasteiger partial charge in [0.25, 0.3) is 10.2 Å². The molecule has 6 heteroatoms. The molecule has 0 bridgehead atoms. The molecule has 0 aromatic heterocycles. The summed E-state index contributed by atoms with van der Waals surface area (Å²) in [6.07, 6.45) is 7.17. The van der Waals surface area contributed by atoms with Crippen LogP contribution in [0.5, 0.6) is 0 Å². The molecule has 0 aromatic carbocycles. The highest BCUT2D eigenvalue weighted by atomic mass is 32.2. The van der Waals surface area contributed by atoms with Crippen LogP contribution in [0.15, 0.2) is 12.7 Å². The van der Waals surface area contributed by atoms with Crippen molar-refractivity contribution in [1.82, 2.24) is 13.9 Å². The van der Waals surface area contributed by atoms with Crippen LogP contribution in [0, 0.1) is 0 Å². The summed E-state index contributed by atoms with van der Waals surface area (Å²) in [5.74, 6) is 0. The van der Waals surface area contributed by atoms with E-state index in [0.717, 1.165) is 25.8 Å². The van der Waals surface area contributed by atoms with Gasteiger partial charge in [-0.2, -0.15) is 17.0 Å². The van der Waals surface area contributed by atoms with Crippen molar-refractivity contribution >= 4 is 10.2 Å². The number of hydrogen-bond acceptors (Lipinski definition) is 3. The maximum absolute atomic E-state index is 12.8. The molecule has 1 saturated carbocycles. The van der Waals surface area contributed by atoms with E-state index in [9.17, 15) is 8.42 Å². The third kappa shape index (κ3) is 3.81.